The number of halogens is 4. The van der Waals surface area contributed by atoms with Crippen LogP contribution in [0.2, 0.25) is 0 Å². The lowest BCUT2D eigenvalue weighted by atomic mass is 10.1. The highest BCUT2D eigenvalue weighted by molar-refractivity contribution is 5.55. The largest absolute Gasteiger partial charge is 0.416 e. The molecule has 0 spiro atoms. The van der Waals surface area contributed by atoms with Gasteiger partial charge in [-0.2, -0.15) is 18.3 Å². The second-order valence-corrected chi connectivity index (χ2v) is 5.15. The van der Waals surface area contributed by atoms with Crippen LogP contribution in [-0.4, -0.2) is 15.2 Å². The Hall–Kier alpha value is -2.74. The number of alkyl halides is 3. The van der Waals surface area contributed by atoms with Crippen LogP contribution in [0.15, 0.2) is 48.5 Å². The number of H-pyrrole nitrogens is 1. The summed E-state index contributed by atoms with van der Waals surface area (Å²) in [6.07, 6.45) is -4.40. The molecule has 1 atom stereocenters. The van der Waals surface area contributed by atoms with Gasteiger partial charge in [0, 0.05) is 5.56 Å². The van der Waals surface area contributed by atoms with E-state index in [0.717, 1.165) is 12.1 Å². The SMILES string of the molecule is NC(c1ccc(F)cc1)c1nc(-c2ccc(C(F)(F)F)cc2)n[nH]1. The van der Waals surface area contributed by atoms with Gasteiger partial charge in [0.05, 0.1) is 11.6 Å². The van der Waals surface area contributed by atoms with Crippen LogP contribution in [0.4, 0.5) is 17.6 Å². The summed E-state index contributed by atoms with van der Waals surface area (Å²) in [5, 5.41) is 6.63. The van der Waals surface area contributed by atoms with Crippen molar-refractivity contribution < 1.29 is 17.6 Å². The lowest BCUT2D eigenvalue weighted by molar-refractivity contribution is -0.137. The molecule has 24 heavy (non-hydrogen) atoms. The molecule has 0 aliphatic rings. The maximum Gasteiger partial charge on any atom is 0.416 e. The standard InChI is InChI=1S/C16H12F4N4/c17-12-7-3-9(4-8-12)13(21)15-22-14(23-24-15)10-1-5-11(6-2-10)16(18,19)20/h1-8,13H,21H2,(H,22,23,24). The highest BCUT2D eigenvalue weighted by Crippen LogP contribution is 2.30. The molecule has 1 heterocycles. The van der Waals surface area contributed by atoms with Crippen LogP contribution in [0.25, 0.3) is 11.4 Å². The Labute approximate surface area is 134 Å². The third-order valence-corrected chi connectivity index (χ3v) is 3.50. The zero-order valence-electron chi connectivity index (χ0n) is 12.2. The van der Waals surface area contributed by atoms with Crippen molar-refractivity contribution in [3.63, 3.8) is 0 Å². The first kappa shape index (κ1) is 16.1. The monoisotopic (exact) mass is 336 g/mol. The van der Waals surface area contributed by atoms with E-state index in [1.54, 1.807) is 0 Å². The molecule has 0 radical (unpaired) electrons. The Morgan fingerprint density at radius 1 is 0.958 bits per heavy atom. The van der Waals surface area contributed by atoms with E-state index in [4.69, 9.17) is 5.73 Å². The summed E-state index contributed by atoms with van der Waals surface area (Å²) in [7, 11) is 0. The van der Waals surface area contributed by atoms with Gasteiger partial charge >= 0.3 is 6.18 Å². The van der Waals surface area contributed by atoms with Crippen LogP contribution < -0.4 is 5.73 Å². The van der Waals surface area contributed by atoms with E-state index < -0.39 is 17.8 Å². The Morgan fingerprint density at radius 2 is 1.58 bits per heavy atom. The van der Waals surface area contributed by atoms with E-state index in [0.29, 0.717) is 17.0 Å². The van der Waals surface area contributed by atoms with Crippen molar-refractivity contribution in [3.05, 3.63) is 71.3 Å². The Kier molecular flexibility index (Phi) is 4.06. The number of nitrogens with two attached hydrogens (primary N) is 1. The van der Waals surface area contributed by atoms with Crippen LogP contribution in [0, 0.1) is 5.82 Å². The van der Waals surface area contributed by atoms with Gasteiger partial charge in [0.2, 0.25) is 0 Å². The van der Waals surface area contributed by atoms with Crippen molar-refractivity contribution >= 4 is 0 Å². The third-order valence-electron chi connectivity index (χ3n) is 3.50. The number of hydrogen-bond acceptors (Lipinski definition) is 3. The van der Waals surface area contributed by atoms with Crippen molar-refractivity contribution in [1.82, 2.24) is 15.2 Å². The molecule has 0 saturated heterocycles. The predicted molar refractivity (Wildman–Crippen MR) is 79.3 cm³/mol. The molecule has 2 aromatic carbocycles. The molecular formula is C16H12F4N4. The number of benzene rings is 2. The second-order valence-electron chi connectivity index (χ2n) is 5.15. The molecular weight excluding hydrogens is 324 g/mol. The maximum atomic E-state index is 12.9. The van der Waals surface area contributed by atoms with Crippen molar-refractivity contribution in [2.45, 2.75) is 12.2 Å². The molecule has 124 valence electrons. The van der Waals surface area contributed by atoms with Crippen molar-refractivity contribution in [1.29, 1.82) is 0 Å². The van der Waals surface area contributed by atoms with Crippen LogP contribution >= 0.6 is 0 Å². The Morgan fingerprint density at radius 3 is 2.17 bits per heavy atom. The summed E-state index contributed by atoms with van der Waals surface area (Å²) in [4.78, 5) is 4.20. The number of rotatable bonds is 3. The molecule has 3 N–H and O–H groups in total. The minimum absolute atomic E-state index is 0.233. The minimum atomic E-state index is -4.40. The molecule has 0 saturated carbocycles. The predicted octanol–water partition coefficient (Wildman–Crippen LogP) is 3.68. The molecule has 8 heteroatoms. The second kappa shape index (κ2) is 6.04. The lowest BCUT2D eigenvalue weighted by Gasteiger charge is -2.08. The fraction of sp³-hybridized carbons (Fsp3) is 0.125. The molecule has 3 rings (SSSR count). The van der Waals surface area contributed by atoms with Gasteiger partial charge in [0.25, 0.3) is 0 Å². The quantitative estimate of drug-likeness (QED) is 0.717. The van der Waals surface area contributed by atoms with E-state index in [1.807, 2.05) is 0 Å². The number of nitrogens with one attached hydrogen (secondary N) is 1. The van der Waals surface area contributed by atoms with Crippen molar-refractivity contribution in [2.75, 3.05) is 0 Å². The van der Waals surface area contributed by atoms with Gasteiger partial charge in [-0.3, -0.25) is 5.10 Å². The molecule has 4 nitrogen and oxygen atoms in total. The van der Waals surface area contributed by atoms with E-state index in [1.165, 1.54) is 36.4 Å². The fourth-order valence-corrected chi connectivity index (χ4v) is 2.18. The van der Waals surface area contributed by atoms with E-state index in [9.17, 15) is 17.6 Å². The fourth-order valence-electron chi connectivity index (χ4n) is 2.18. The molecule has 3 aromatic rings. The summed E-state index contributed by atoms with van der Waals surface area (Å²) in [5.74, 6) is 0.182. The first-order valence-corrected chi connectivity index (χ1v) is 6.95. The summed E-state index contributed by atoms with van der Waals surface area (Å²) in [6.45, 7) is 0. The summed E-state index contributed by atoms with van der Waals surface area (Å²) in [5.41, 5.74) is 6.35. The smallest absolute Gasteiger partial charge is 0.318 e. The maximum absolute atomic E-state index is 12.9. The Balaban J connectivity index is 1.83. The molecule has 0 bridgehead atoms. The van der Waals surface area contributed by atoms with Crippen LogP contribution in [-0.2, 0) is 6.18 Å². The summed E-state index contributed by atoms with van der Waals surface area (Å²) >= 11 is 0. The highest BCUT2D eigenvalue weighted by Gasteiger charge is 2.30. The molecule has 1 aromatic heterocycles. The summed E-state index contributed by atoms with van der Waals surface area (Å²) < 4.78 is 50.6. The zero-order valence-corrected chi connectivity index (χ0v) is 12.2. The first-order valence-electron chi connectivity index (χ1n) is 6.95. The van der Waals surface area contributed by atoms with E-state index >= 15 is 0 Å². The van der Waals surface area contributed by atoms with Gasteiger partial charge in [-0.05, 0) is 29.8 Å². The number of aromatic nitrogens is 3. The average Bonchev–Trinajstić information content (AvgIpc) is 3.04. The molecule has 0 aliphatic carbocycles. The van der Waals surface area contributed by atoms with Gasteiger partial charge < -0.3 is 5.73 Å². The van der Waals surface area contributed by atoms with Crippen LogP contribution in [0.3, 0.4) is 0 Å². The first-order chi connectivity index (χ1) is 11.3. The molecule has 0 aliphatic heterocycles. The number of aromatic amines is 1. The highest BCUT2D eigenvalue weighted by atomic mass is 19.4. The molecule has 0 fully saturated rings. The van der Waals surface area contributed by atoms with Gasteiger partial charge in [-0.15, -0.1) is 0 Å². The topological polar surface area (TPSA) is 67.6 Å². The minimum Gasteiger partial charge on any atom is -0.318 e. The zero-order chi connectivity index (χ0) is 17.3. The summed E-state index contributed by atoms with van der Waals surface area (Å²) in [6, 6.07) is 9.47. The number of hydrogen-bond donors (Lipinski definition) is 2. The van der Waals surface area contributed by atoms with Gasteiger partial charge in [0.15, 0.2) is 5.82 Å². The number of nitrogens with zero attached hydrogens (tertiary/aromatic N) is 2. The van der Waals surface area contributed by atoms with Gasteiger partial charge in [0.1, 0.15) is 11.6 Å². The normalized spacial score (nSPS) is 13.0. The van der Waals surface area contributed by atoms with Gasteiger partial charge in [-0.25, -0.2) is 9.37 Å². The van der Waals surface area contributed by atoms with Gasteiger partial charge in [-0.1, -0.05) is 24.3 Å². The average molecular weight is 336 g/mol. The van der Waals surface area contributed by atoms with Crippen molar-refractivity contribution in [2.24, 2.45) is 5.73 Å². The Bertz CT molecular complexity index is 823. The molecule has 0 amide bonds. The van der Waals surface area contributed by atoms with Crippen LogP contribution in [0.1, 0.15) is 23.0 Å². The lowest BCUT2D eigenvalue weighted by Crippen LogP contribution is -2.13. The molecule has 1 unspecified atom stereocenters. The van der Waals surface area contributed by atoms with Crippen LogP contribution in [0.5, 0.6) is 0 Å². The third kappa shape index (κ3) is 3.28. The van der Waals surface area contributed by atoms with E-state index in [-0.39, 0.29) is 11.6 Å². The van der Waals surface area contributed by atoms with E-state index in [2.05, 4.69) is 15.2 Å². The van der Waals surface area contributed by atoms with Crippen molar-refractivity contribution in [3.8, 4) is 11.4 Å².